The summed E-state index contributed by atoms with van der Waals surface area (Å²) in [6, 6.07) is 0. The van der Waals surface area contributed by atoms with Gasteiger partial charge in [0.15, 0.2) is 0 Å². The number of hydrogen-bond acceptors (Lipinski definition) is 1. The van der Waals surface area contributed by atoms with Crippen molar-refractivity contribution in [1.29, 1.82) is 0 Å². The summed E-state index contributed by atoms with van der Waals surface area (Å²) < 4.78 is 0. The van der Waals surface area contributed by atoms with Gasteiger partial charge in [0.05, 0.1) is 5.92 Å². The third kappa shape index (κ3) is 14.2. The molecule has 0 radical (unpaired) electrons. The van der Waals surface area contributed by atoms with Gasteiger partial charge in [-0.3, -0.25) is 4.79 Å². The van der Waals surface area contributed by atoms with E-state index in [1.54, 1.807) is 0 Å². The summed E-state index contributed by atoms with van der Waals surface area (Å²) in [6.45, 7) is 4.31. The van der Waals surface area contributed by atoms with Crippen LogP contribution in [0.15, 0.2) is 12.2 Å². The second-order valence-corrected chi connectivity index (χ2v) is 6.49. The van der Waals surface area contributed by atoms with Crippen LogP contribution in [0.25, 0.3) is 0 Å². The Balaban J connectivity index is 3.35. The lowest BCUT2D eigenvalue weighted by molar-refractivity contribution is -0.142. The smallest absolute Gasteiger partial charge is 0.306 e. The van der Waals surface area contributed by atoms with Gasteiger partial charge in [-0.15, -0.1) is 0 Å². The fourth-order valence-corrected chi connectivity index (χ4v) is 2.85. The average Bonchev–Trinajstić information content (AvgIpc) is 2.50. The molecule has 0 aliphatic carbocycles. The van der Waals surface area contributed by atoms with E-state index in [-0.39, 0.29) is 5.92 Å². The SMILES string of the molecule is CCCCCCCCCCCC=CCCC(CCC)C(=O)O. The summed E-state index contributed by atoms with van der Waals surface area (Å²) in [5.41, 5.74) is 0. The highest BCUT2D eigenvalue weighted by molar-refractivity contribution is 5.69. The molecule has 1 unspecified atom stereocenters. The van der Waals surface area contributed by atoms with Gasteiger partial charge in [-0.2, -0.15) is 0 Å². The van der Waals surface area contributed by atoms with Crippen LogP contribution in [-0.4, -0.2) is 11.1 Å². The predicted molar refractivity (Wildman–Crippen MR) is 96.3 cm³/mol. The molecule has 22 heavy (non-hydrogen) atoms. The Kier molecular flexibility index (Phi) is 16.0. The van der Waals surface area contributed by atoms with Crippen LogP contribution in [-0.2, 0) is 4.79 Å². The van der Waals surface area contributed by atoms with Gasteiger partial charge in [-0.1, -0.05) is 83.8 Å². The second-order valence-electron chi connectivity index (χ2n) is 6.49. The Morgan fingerprint density at radius 2 is 1.32 bits per heavy atom. The Morgan fingerprint density at radius 3 is 1.86 bits per heavy atom. The van der Waals surface area contributed by atoms with Crippen LogP contribution in [0.5, 0.6) is 0 Å². The third-order valence-corrected chi connectivity index (χ3v) is 4.31. The van der Waals surface area contributed by atoms with Crippen LogP contribution < -0.4 is 0 Å². The first kappa shape index (κ1) is 21.2. The average molecular weight is 311 g/mol. The van der Waals surface area contributed by atoms with Crippen molar-refractivity contribution in [2.75, 3.05) is 0 Å². The van der Waals surface area contributed by atoms with Crippen molar-refractivity contribution in [3.8, 4) is 0 Å². The molecule has 0 saturated heterocycles. The maximum atomic E-state index is 11.0. The van der Waals surface area contributed by atoms with E-state index in [9.17, 15) is 4.79 Å². The number of hydrogen-bond donors (Lipinski definition) is 1. The molecule has 0 rings (SSSR count). The molecule has 0 spiro atoms. The van der Waals surface area contributed by atoms with Gasteiger partial charge in [0.25, 0.3) is 0 Å². The van der Waals surface area contributed by atoms with E-state index >= 15 is 0 Å². The minimum atomic E-state index is -0.630. The molecular weight excluding hydrogens is 272 g/mol. The third-order valence-electron chi connectivity index (χ3n) is 4.31. The number of carboxylic acid groups (broad SMARTS) is 1. The monoisotopic (exact) mass is 310 g/mol. The predicted octanol–water partition coefficient (Wildman–Crippen LogP) is 6.74. The highest BCUT2D eigenvalue weighted by Crippen LogP contribution is 2.15. The maximum Gasteiger partial charge on any atom is 0.306 e. The number of carbonyl (C=O) groups is 1. The molecular formula is C20H38O2. The zero-order valence-electron chi connectivity index (χ0n) is 15.0. The summed E-state index contributed by atoms with van der Waals surface area (Å²) in [7, 11) is 0. The van der Waals surface area contributed by atoms with E-state index in [1.807, 2.05) is 0 Å². The molecule has 1 N–H and O–H groups in total. The summed E-state index contributed by atoms with van der Waals surface area (Å²) in [5.74, 6) is -0.781. The Morgan fingerprint density at radius 1 is 0.773 bits per heavy atom. The topological polar surface area (TPSA) is 37.3 Å². The van der Waals surface area contributed by atoms with E-state index in [1.165, 1.54) is 57.8 Å². The number of unbranched alkanes of at least 4 members (excludes halogenated alkanes) is 9. The Hall–Kier alpha value is -0.790. The minimum Gasteiger partial charge on any atom is -0.481 e. The number of allylic oxidation sites excluding steroid dienone is 2. The van der Waals surface area contributed by atoms with Crippen LogP contribution >= 0.6 is 0 Å². The number of carboxylic acids is 1. The van der Waals surface area contributed by atoms with E-state index < -0.39 is 5.97 Å². The lowest BCUT2D eigenvalue weighted by atomic mass is 9.98. The van der Waals surface area contributed by atoms with E-state index in [4.69, 9.17) is 5.11 Å². The molecule has 0 aliphatic rings. The second kappa shape index (κ2) is 16.6. The lowest BCUT2D eigenvalue weighted by Gasteiger charge is -2.08. The molecule has 0 aromatic heterocycles. The van der Waals surface area contributed by atoms with Crippen molar-refractivity contribution >= 4 is 5.97 Å². The summed E-state index contributed by atoms with van der Waals surface area (Å²) in [6.07, 6.45) is 21.4. The highest BCUT2D eigenvalue weighted by atomic mass is 16.4. The molecule has 2 nitrogen and oxygen atoms in total. The number of rotatable bonds is 16. The molecule has 2 heteroatoms. The first-order valence-electron chi connectivity index (χ1n) is 9.60. The summed E-state index contributed by atoms with van der Waals surface area (Å²) >= 11 is 0. The molecule has 1 atom stereocenters. The van der Waals surface area contributed by atoms with Gasteiger partial charge in [-0.05, 0) is 32.1 Å². The molecule has 0 aromatic rings. The van der Waals surface area contributed by atoms with Crippen molar-refractivity contribution in [3.05, 3.63) is 12.2 Å². The zero-order valence-corrected chi connectivity index (χ0v) is 15.0. The standard InChI is InChI=1S/C20H38O2/c1-3-5-6-7-8-9-10-11-12-13-14-15-16-18-19(17-4-2)20(21)22/h14-15,19H,3-13,16-18H2,1-2H3,(H,21,22). The first-order valence-corrected chi connectivity index (χ1v) is 9.60. The quantitative estimate of drug-likeness (QED) is 0.253. The molecule has 130 valence electrons. The van der Waals surface area contributed by atoms with Crippen molar-refractivity contribution in [2.24, 2.45) is 5.92 Å². The highest BCUT2D eigenvalue weighted by Gasteiger charge is 2.14. The van der Waals surface area contributed by atoms with Crippen molar-refractivity contribution < 1.29 is 9.90 Å². The molecule has 0 aliphatic heterocycles. The Bertz CT molecular complexity index is 271. The van der Waals surface area contributed by atoms with Gasteiger partial charge in [0.1, 0.15) is 0 Å². The van der Waals surface area contributed by atoms with Crippen LogP contribution in [0, 0.1) is 5.92 Å². The maximum absolute atomic E-state index is 11.0. The van der Waals surface area contributed by atoms with E-state index in [0.29, 0.717) is 0 Å². The van der Waals surface area contributed by atoms with E-state index in [2.05, 4.69) is 26.0 Å². The Labute approximate surface area is 138 Å². The first-order chi connectivity index (χ1) is 10.7. The molecule has 0 amide bonds. The van der Waals surface area contributed by atoms with Crippen molar-refractivity contribution in [2.45, 2.75) is 104 Å². The van der Waals surface area contributed by atoms with Crippen molar-refractivity contribution in [1.82, 2.24) is 0 Å². The van der Waals surface area contributed by atoms with Crippen LogP contribution in [0.2, 0.25) is 0 Å². The van der Waals surface area contributed by atoms with Gasteiger partial charge >= 0.3 is 5.97 Å². The molecule has 0 heterocycles. The zero-order chi connectivity index (χ0) is 16.5. The number of aliphatic carboxylic acids is 1. The largest absolute Gasteiger partial charge is 0.481 e. The van der Waals surface area contributed by atoms with Crippen LogP contribution in [0.3, 0.4) is 0 Å². The fourth-order valence-electron chi connectivity index (χ4n) is 2.85. The van der Waals surface area contributed by atoms with Crippen molar-refractivity contribution in [3.63, 3.8) is 0 Å². The van der Waals surface area contributed by atoms with Crippen LogP contribution in [0.1, 0.15) is 104 Å². The summed E-state index contributed by atoms with van der Waals surface area (Å²) in [4.78, 5) is 11.0. The van der Waals surface area contributed by atoms with Crippen LogP contribution in [0.4, 0.5) is 0 Å². The molecule has 0 fully saturated rings. The van der Waals surface area contributed by atoms with E-state index in [0.717, 1.165) is 32.1 Å². The van der Waals surface area contributed by atoms with Gasteiger partial charge < -0.3 is 5.11 Å². The minimum absolute atomic E-state index is 0.151. The summed E-state index contributed by atoms with van der Waals surface area (Å²) in [5, 5.41) is 9.07. The van der Waals surface area contributed by atoms with Gasteiger partial charge in [-0.25, -0.2) is 0 Å². The molecule has 0 aromatic carbocycles. The van der Waals surface area contributed by atoms with Gasteiger partial charge in [0, 0.05) is 0 Å². The van der Waals surface area contributed by atoms with Gasteiger partial charge in [0.2, 0.25) is 0 Å². The molecule has 0 saturated carbocycles. The lowest BCUT2D eigenvalue weighted by Crippen LogP contribution is -2.12. The normalized spacial score (nSPS) is 12.8. The fraction of sp³-hybridized carbons (Fsp3) is 0.850. The molecule has 0 bridgehead atoms.